The van der Waals surface area contributed by atoms with E-state index in [4.69, 9.17) is 4.18 Å². The predicted octanol–water partition coefficient (Wildman–Crippen LogP) is 4.14. The molecule has 0 aliphatic rings. The third-order valence-electron chi connectivity index (χ3n) is 3.16. The average molecular weight is 284 g/mol. The zero-order valence-electron chi connectivity index (χ0n) is 11.8. The van der Waals surface area contributed by atoms with Gasteiger partial charge < -0.3 is 4.18 Å². The summed E-state index contributed by atoms with van der Waals surface area (Å²) in [6.45, 7) is 3.89. The molecular weight excluding hydrogens is 260 g/mol. The van der Waals surface area contributed by atoms with Gasteiger partial charge in [-0.1, -0.05) is 57.2 Å². The van der Waals surface area contributed by atoms with Gasteiger partial charge >= 0.3 is 10.1 Å². The molecule has 0 saturated heterocycles. The Labute approximate surface area is 117 Å². The van der Waals surface area contributed by atoms with Crippen molar-refractivity contribution < 1.29 is 12.6 Å². The van der Waals surface area contributed by atoms with Crippen molar-refractivity contribution in [3.63, 3.8) is 0 Å². The van der Waals surface area contributed by atoms with Gasteiger partial charge in [-0.2, -0.15) is 8.42 Å². The monoisotopic (exact) mass is 284 g/mol. The van der Waals surface area contributed by atoms with Crippen LogP contribution in [0.25, 0.3) is 0 Å². The lowest BCUT2D eigenvalue weighted by Crippen LogP contribution is -2.23. The van der Waals surface area contributed by atoms with E-state index in [2.05, 4.69) is 6.92 Å². The van der Waals surface area contributed by atoms with Gasteiger partial charge in [0.2, 0.25) is 0 Å². The highest BCUT2D eigenvalue weighted by Gasteiger charge is 2.22. The third-order valence-corrected chi connectivity index (χ3v) is 4.81. The van der Waals surface area contributed by atoms with E-state index in [9.17, 15) is 8.42 Å². The highest BCUT2D eigenvalue weighted by atomic mass is 32.2. The predicted molar refractivity (Wildman–Crippen MR) is 78.8 cm³/mol. The van der Waals surface area contributed by atoms with Gasteiger partial charge in [0, 0.05) is 0 Å². The van der Waals surface area contributed by atoms with Crippen molar-refractivity contribution in [2.75, 3.05) is 0 Å². The van der Waals surface area contributed by atoms with E-state index in [-0.39, 0.29) is 0 Å². The van der Waals surface area contributed by atoms with Crippen molar-refractivity contribution in [3.8, 4) is 5.75 Å². The number of hydrogen-bond acceptors (Lipinski definition) is 3. The summed E-state index contributed by atoms with van der Waals surface area (Å²) in [6, 6.07) is 8.67. The van der Waals surface area contributed by atoms with Gasteiger partial charge in [-0.05, 0) is 25.5 Å². The first-order valence-corrected chi connectivity index (χ1v) is 8.51. The molecular formula is C15H24O3S. The summed E-state index contributed by atoms with van der Waals surface area (Å²) in [7, 11) is -3.51. The molecule has 0 radical (unpaired) electrons. The summed E-state index contributed by atoms with van der Waals surface area (Å²) in [6.07, 6.45) is 6.31. The molecule has 1 atom stereocenters. The highest BCUT2D eigenvalue weighted by molar-refractivity contribution is 7.87. The summed E-state index contributed by atoms with van der Waals surface area (Å²) >= 11 is 0. The van der Waals surface area contributed by atoms with Crippen LogP contribution in [-0.2, 0) is 10.1 Å². The Bertz CT molecular complexity index is 440. The Kier molecular flexibility index (Phi) is 6.92. The summed E-state index contributed by atoms with van der Waals surface area (Å²) in [5, 5.41) is -0.450. The van der Waals surface area contributed by atoms with Crippen LogP contribution in [0.3, 0.4) is 0 Å². The second kappa shape index (κ2) is 8.20. The molecule has 0 aliphatic carbocycles. The molecule has 19 heavy (non-hydrogen) atoms. The van der Waals surface area contributed by atoms with E-state index in [0.717, 1.165) is 12.8 Å². The van der Waals surface area contributed by atoms with E-state index in [0.29, 0.717) is 12.2 Å². The fourth-order valence-electron chi connectivity index (χ4n) is 1.87. The van der Waals surface area contributed by atoms with Gasteiger partial charge in [0.05, 0.1) is 5.25 Å². The Morgan fingerprint density at radius 3 is 2.32 bits per heavy atom. The molecule has 0 aromatic heterocycles. The quantitative estimate of drug-likeness (QED) is 0.505. The van der Waals surface area contributed by atoms with Crippen molar-refractivity contribution in [2.24, 2.45) is 0 Å². The van der Waals surface area contributed by atoms with Gasteiger partial charge in [0.1, 0.15) is 5.75 Å². The van der Waals surface area contributed by atoms with Gasteiger partial charge in [-0.3, -0.25) is 0 Å². The standard InChI is InChI=1S/C15H24O3S/c1-3-4-5-6-8-11-14(2)19(16,17)18-15-12-9-7-10-13-15/h7,9-10,12-14H,3-6,8,11H2,1-2H3. The van der Waals surface area contributed by atoms with Crippen LogP contribution in [0.1, 0.15) is 52.4 Å². The second-order valence-electron chi connectivity index (χ2n) is 4.90. The molecule has 108 valence electrons. The number of hydrogen-bond donors (Lipinski definition) is 0. The Balaban J connectivity index is 2.39. The summed E-state index contributed by atoms with van der Waals surface area (Å²) < 4.78 is 29.1. The largest absolute Gasteiger partial charge is 0.382 e. The molecule has 0 amide bonds. The molecule has 0 fully saturated rings. The first-order valence-electron chi connectivity index (χ1n) is 7.04. The first kappa shape index (κ1) is 16.0. The number of rotatable bonds is 9. The SMILES string of the molecule is CCCCCCCC(C)S(=O)(=O)Oc1ccccc1. The lowest BCUT2D eigenvalue weighted by Gasteiger charge is -2.13. The smallest absolute Gasteiger partial charge is 0.311 e. The summed E-state index contributed by atoms with van der Waals surface area (Å²) in [5.41, 5.74) is 0. The normalized spacial score (nSPS) is 13.2. The van der Waals surface area contributed by atoms with Crippen molar-refractivity contribution >= 4 is 10.1 Å². The Morgan fingerprint density at radius 1 is 1.05 bits per heavy atom. The number of unbranched alkanes of at least 4 members (excludes halogenated alkanes) is 4. The molecule has 0 heterocycles. The van der Waals surface area contributed by atoms with Gasteiger partial charge in [0.25, 0.3) is 0 Å². The van der Waals surface area contributed by atoms with E-state index in [1.54, 1.807) is 31.2 Å². The van der Waals surface area contributed by atoms with Crippen LogP contribution in [0.2, 0.25) is 0 Å². The van der Waals surface area contributed by atoms with E-state index >= 15 is 0 Å². The van der Waals surface area contributed by atoms with Crippen LogP contribution in [-0.4, -0.2) is 13.7 Å². The lowest BCUT2D eigenvalue weighted by molar-refractivity contribution is 0.465. The molecule has 1 rings (SSSR count). The molecule has 0 spiro atoms. The van der Waals surface area contributed by atoms with E-state index < -0.39 is 15.4 Å². The van der Waals surface area contributed by atoms with E-state index in [1.807, 2.05) is 6.07 Å². The van der Waals surface area contributed by atoms with Crippen molar-refractivity contribution in [1.29, 1.82) is 0 Å². The molecule has 1 aromatic carbocycles. The second-order valence-corrected chi connectivity index (χ2v) is 6.86. The maximum Gasteiger partial charge on any atom is 0.311 e. The maximum atomic E-state index is 12.0. The van der Waals surface area contributed by atoms with Crippen molar-refractivity contribution in [3.05, 3.63) is 30.3 Å². The van der Waals surface area contributed by atoms with Crippen LogP contribution < -0.4 is 4.18 Å². The minimum atomic E-state index is -3.51. The molecule has 0 N–H and O–H groups in total. The molecule has 0 bridgehead atoms. The topological polar surface area (TPSA) is 43.4 Å². The minimum Gasteiger partial charge on any atom is -0.382 e. The molecule has 1 aromatic rings. The van der Waals surface area contributed by atoms with Gasteiger partial charge in [-0.25, -0.2) is 0 Å². The number of para-hydroxylation sites is 1. The van der Waals surface area contributed by atoms with Crippen LogP contribution in [0, 0.1) is 0 Å². The van der Waals surface area contributed by atoms with Crippen LogP contribution in [0.5, 0.6) is 5.75 Å². The zero-order chi connectivity index (χ0) is 14.1. The van der Waals surface area contributed by atoms with Crippen LogP contribution in [0.15, 0.2) is 30.3 Å². The lowest BCUT2D eigenvalue weighted by atomic mass is 10.1. The third kappa shape index (κ3) is 6.10. The fourth-order valence-corrected chi connectivity index (χ4v) is 2.87. The molecule has 0 aliphatic heterocycles. The average Bonchev–Trinajstić information content (AvgIpc) is 2.39. The van der Waals surface area contributed by atoms with Gasteiger partial charge in [-0.15, -0.1) is 0 Å². The van der Waals surface area contributed by atoms with Crippen molar-refractivity contribution in [1.82, 2.24) is 0 Å². The molecule has 3 nitrogen and oxygen atoms in total. The van der Waals surface area contributed by atoms with E-state index in [1.165, 1.54) is 19.3 Å². The van der Waals surface area contributed by atoms with Crippen LogP contribution in [0.4, 0.5) is 0 Å². The summed E-state index contributed by atoms with van der Waals surface area (Å²) in [5.74, 6) is 0.389. The summed E-state index contributed by atoms with van der Waals surface area (Å²) in [4.78, 5) is 0. The molecule has 0 saturated carbocycles. The van der Waals surface area contributed by atoms with Crippen molar-refractivity contribution in [2.45, 2.75) is 57.6 Å². The first-order chi connectivity index (χ1) is 9.06. The highest BCUT2D eigenvalue weighted by Crippen LogP contribution is 2.18. The van der Waals surface area contributed by atoms with Gasteiger partial charge in [0.15, 0.2) is 0 Å². The van der Waals surface area contributed by atoms with Crippen LogP contribution >= 0.6 is 0 Å². The number of benzene rings is 1. The molecule has 4 heteroatoms. The molecule has 1 unspecified atom stereocenters. The Morgan fingerprint density at radius 2 is 1.68 bits per heavy atom. The zero-order valence-corrected chi connectivity index (χ0v) is 12.7. The minimum absolute atomic E-state index is 0.389. The fraction of sp³-hybridized carbons (Fsp3) is 0.600. The Hall–Kier alpha value is -1.03. The maximum absolute atomic E-state index is 12.0.